The molecule has 2 aromatic carbocycles. The minimum Gasteiger partial charge on any atom is -0.341 e. The first-order valence-corrected chi connectivity index (χ1v) is 13.8. The molecular weight excluding hydrogens is 490 g/mol. The molecule has 0 radical (unpaired) electrons. The molecule has 2 amide bonds. The Balaban J connectivity index is 1.17. The van der Waals surface area contributed by atoms with E-state index in [4.69, 9.17) is 0 Å². The maximum atomic E-state index is 13.5. The highest BCUT2D eigenvalue weighted by Crippen LogP contribution is 2.40. The highest BCUT2D eigenvalue weighted by Gasteiger charge is 2.37. The molecular formula is C30H35N7O2. The zero-order valence-corrected chi connectivity index (χ0v) is 22.3. The standard InChI is InChI=1S/C30H35N7O2/c1-21-4-6-23(7-5-21)26-19-28(26)32-14-2-3-27(30(39)36-16-12-22(20-31)13-17-36)34-29(38)24-8-10-25(11-9-24)37-18-15-33-35-37/h4-11,15,18,22,26-28,32H,2-3,12-14,16-17,19H2,1H3,(H,34,38)/t26-,27-,28+/m0/s1. The SMILES string of the molecule is Cc1ccc([C@@H]2C[C@H]2NCCC[C@H](NC(=O)c2ccc(-n3ccnn3)cc2)C(=O)N2CCC(C#N)CC2)cc1. The Kier molecular flexibility index (Phi) is 8.33. The van der Waals surface area contributed by atoms with Gasteiger partial charge in [-0.15, -0.1) is 5.10 Å². The number of carbonyl (C=O) groups is 2. The molecule has 1 aliphatic carbocycles. The summed E-state index contributed by atoms with van der Waals surface area (Å²) in [4.78, 5) is 28.4. The fourth-order valence-corrected chi connectivity index (χ4v) is 5.26. The van der Waals surface area contributed by atoms with E-state index in [1.165, 1.54) is 11.1 Å². The Morgan fingerprint density at radius 1 is 1.10 bits per heavy atom. The number of aryl methyl sites for hydroxylation is 1. The maximum absolute atomic E-state index is 13.5. The number of hydrogen-bond donors (Lipinski definition) is 2. The van der Waals surface area contributed by atoms with Crippen molar-refractivity contribution in [3.05, 3.63) is 77.6 Å². The summed E-state index contributed by atoms with van der Waals surface area (Å²) in [5.74, 6) is 0.197. The number of piperidine rings is 1. The van der Waals surface area contributed by atoms with Crippen LogP contribution in [0.3, 0.4) is 0 Å². The molecule has 1 aliphatic heterocycles. The van der Waals surface area contributed by atoms with Crippen molar-refractivity contribution in [1.29, 1.82) is 5.26 Å². The molecule has 2 N–H and O–H groups in total. The molecule has 3 atom stereocenters. The number of likely N-dealkylation sites (tertiary alicyclic amines) is 1. The van der Waals surface area contributed by atoms with Gasteiger partial charge in [0.25, 0.3) is 5.91 Å². The highest BCUT2D eigenvalue weighted by atomic mass is 16.2. The van der Waals surface area contributed by atoms with Crippen LogP contribution in [0, 0.1) is 24.2 Å². The van der Waals surface area contributed by atoms with Gasteiger partial charge in [-0.1, -0.05) is 35.0 Å². The Hall–Kier alpha value is -4.03. The van der Waals surface area contributed by atoms with Gasteiger partial charge in [0.05, 0.1) is 24.2 Å². The van der Waals surface area contributed by atoms with Crippen LogP contribution in [-0.4, -0.2) is 63.4 Å². The number of carbonyl (C=O) groups excluding carboxylic acids is 2. The van der Waals surface area contributed by atoms with E-state index in [1.807, 2.05) is 0 Å². The normalized spacial score (nSPS) is 19.7. The first-order chi connectivity index (χ1) is 19.0. The summed E-state index contributed by atoms with van der Waals surface area (Å²) in [5.41, 5.74) is 3.92. The minimum atomic E-state index is -0.611. The van der Waals surface area contributed by atoms with Gasteiger partial charge in [0.1, 0.15) is 6.04 Å². The molecule has 0 unspecified atom stereocenters. The summed E-state index contributed by atoms with van der Waals surface area (Å²) < 4.78 is 1.62. The maximum Gasteiger partial charge on any atom is 0.251 e. The molecule has 1 saturated carbocycles. The van der Waals surface area contributed by atoms with Crippen LogP contribution < -0.4 is 10.6 Å². The first kappa shape index (κ1) is 26.6. The summed E-state index contributed by atoms with van der Waals surface area (Å²) in [5, 5.41) is 23.6. The van der Waals surface area contributed by atoms with Crippen molar-refractivity contribution < 1.29 is 9.59 Å². The predicted octanol–water partition coefficient (Wildman–Crippen LogP) is 3.36. The first-order valence-electron chi connectivity index (χ1n) is 13.8. The molecule has 39 heavy (non-hydrogen) atoms. The number of nitrogens with one attached hydrogen (secondary N) is 2. The van der Waals surface area contributed by atoms with Crippen LogP contribution >= 0.6 is 0 Å². The monoisotopic (exact) mass is 525 g/mol. The van der Waals surface area contributed by atoms with Crippen molar-refractivity contribution in [3.8, 4) is 11.8 Å². The molecule has 2 aliphatic rings. The number of amides is 2. The second kappa shape index (κ2) is 12.2. The van der Waals surface area contributed by atoms with Crippen molar-refractivity contribution in [2.75, 3.05) is 19.6 Å². The fourth-order valence-electron chi connectivity index (χ4n) is 5.26. The zero-order valence-electron chi connectivity index (χ0n) is 22.3. The van der Waals surface area contributed by atoms with Crippen LogP contribution in [0.5, 0.6) is 0 Å². The third-order valence-electron chi connectivity index (χ3n) is 7.78. The molecule has 9 nitrogen and oxygen atoms in total. The topological polar surface area (TPSA) is 116 Å². The second-order valence-corrected chi connectivity index (χ2v) is 10.6. The van der Waals surface area contributed by atoms with Gasteiger partial charge in [0, 0.05) is 36.5 Å². The predicted molar refractivity (Wildman–Crippen MR) is 147 cm³/mol. The van der Waals surface area contributed by atoms with Crippen LogP contribution in [0.1, 0.15) is 59.5 Å². The Bertz CT molecular complexity index is 1290. The van der Waals surface area contributed by atoms with Gasteiger partial charge >= 0.3 is 0 Å². The molecule has 202 valence electrons. The smallest absolute Gasteiger partial charge is 0.251 e. The molecule has 2 fully saturated rings. The van der Waals surface area contributed by atoms with Crippen LogP contribution in [0.15, 0.2) is 60.9 Å². The van der Waals surface area contributed by atoms with Gasteiger partial charge in [-0.05, 0) is 75.4 Å². The Labute approximate surface area is 229 Å². The van der Waals surface area contributed by atoms with E-state index < -0.39 is 6.04 Å². The Morgan fingerprint density at radius 2 is 1.85 bits per heavy atom. The third kappa shape index (κ3) is 6.70. The number of nitriles is 1. The summed E-state index contributed by atoms with van der Waals surface area (Å²) >= 11 is 0. The average Bonchev–Trinajstić information content (AvgIpc) is 3.53. The second-order valence-electron chi connectivity index (χ2n) is 10.6. The summed E-state index contributed by atoms with van der Waals surface area (Å²) in [6, 6.07) is 18.0. The molecule has 0 spiro atoms. The lowest BCUT2D eigenvalue weighted by molar-refractivity contribution is -0.134. The molecule has 1 saturated heterocycles. The van der Waals surface area contributed by atoms with Crippen LogP contribution in [0.25, 0.3) is 5.69 Å². The molecule has 3 aromatic rings. The summed E-state index contributed by atoms with van der Waals surface area (Å²) in [7, 11) is 0. The number of hydrogen-bond acceptors (Lipinski definition) is 6. The van der Waals surface area contributed by atoms with E-state index in [0.717, 1.165) is 25.1 Å². The highest BCUT2D eigenvalue weighted by molar-refractivity contribution is 5.97. The van der Waals surface area contributed by atoms with Gasteiger partial charge in [0.15, 0.2) is 0 Å². The van der Waals surface area contributed by atoms with Gasteiger partial charge in [-0.3, -0.25) is 9.59 Å². The average molecular weight is 526 g/mol. The fraction of sp³-hybridized carbons (Fsp3) is 0.433. The van der Waals surface area contributed by atoms with Gasteiger partial charge < -0.3 is 15.5 Å². The van der Waals surface area contributed by atoms with E-state index in [-0.39, 0.29) is 17.7 Å². The molecule has 1 aromatic heterocycles. The molecule has 9 heteroatoms. The van der Waals surface area contributed by atoms with Crippen molar-refractivity contribution >= 4 is 11.8 Å². The number of aromatic nitrogens is 3. The molecule has 0 bridgehead atoms. The third-order valence-corrected chi connectivity index (χ3v) is 7.78. The van der Waals surface area contributed by atoms with Crippen LogP contribution in [0.4, 0.5) is 0 Å². The van der Waals surface area contributed by atoms with Crippen LogP contribution in [-0.2, 0) is 4.79 Å². The lowest BCUT2D eigenvalue weighted by Crippen LogP contribution is -2.50. The van der Waals surface area contributed by atoms with E-state index in [2.05, 4.69) is 58.2 Å². The zero-order chi connectivity index (χ0) is 27.2. The molecule has 2 heterocycles. The van der Waals surface area contributed by atoms with Crippen molar-refractivity contribution in [3.63, 3.8) is 0 Å². The largest absolute Gasteiger partial charge is 0.341 e. The minimum absolute atomic E-state index is 0.00481. The van der Waals surface area contributed by atoms with Crippen molar-refractivity contribution in [2.24, 2.45) is 5.92 Å². The quantitative estimate of drug-likeness (QED) is 0.392. The van der Waals surface area contributed by atoms with Crippen LogP contribution in [0.2, 0.25) is 0 Å². The Morgan fingerprint density at radius 3 is 2.51 bits per heavy atom. The van der Waals surface area contributed by atoms with E-state index >= 15 is 0 Å². The summed E-state index contributed by atoms with van der Waals surface area (Å²) in [6.45, 7) is 3.99. The molecule has 5 rings (SSSR count). The van der Waals surface area contributed by atoms with Gasteiger partial charge in [-0.25, -0.2) is 4.68 Å². The summed E-state index contributed by atoms with van der Waals surface area (Å²) in [6.07, 6.45) is 7.13. The van der Waals surface area contributed by atoms with Crippen molar-refractivity contribution in [1.82, 2.24) is 30.5 Å². The number of benzene rings is 2. The lowest BCUT2D eigenvalue weighted by atomic mass is 9.97. The van der Waals surface area contributed by atoms with E-state index in [0.29, 0.717) is 49.9 Å². The van der Waals surface area contributed by atoms with Gasteiger partial charge in [0.2, 0.25) is 5.91 Å². The lowest BCUT2D eigenvalue weighted by Gasteiger charge is -2.32. The van der Waals surface area contributed by atoms with E-state index in [1.54, 1.807) is 46.2 Å². The van der Waals surface area contributed by atoms with E-state index in [9.17, 15) is 14.9 Å². The van der Waals surface area contributed by atoms with Crippen molar-refractivity contribution in [2.45, 2.75) is 57.0 Å². The number of nitrogens with zero attached hydrogens (tertiary/aromatic N) is 5. The number of rotatable bonds is 10. The van der Waals surface area contributed by atoms with Gasteiger partial charge in [-0.2, -0.15) is 5.26 Å².